The van der Waals surface area contributed by atoms with Gasteiger partial charge in [-0.2, -0.15) is 25.9 Å². The average Bonchev–Trinajstić information content (AvgIpc) is 1.59. The average molecular weight is 1970 g/mol. The van der Waals surface area contributed by atoms with Crippen LogP contribution in [0.2, 0.25) is 0 Å². The normalized spacial score (nSPS) is 18.5. The summed E-state index contributed by atoms with van der Waals surface area (Å²) in [6.07, 6.45) is 12.9. The Balaban J connectivity index is 0.901. The van der Waals surface area contributed by atoms with Gasteiger partial charge in [0.05, 0.1) is 64.6 Å². The van der Waals surface area contributed by atoms with Crippen molar-refractivity contribution in [2.75, 3.05) is 74.6 Å². The number of aliphatic hydroxyl groups is 1. The van der Waals surface area contributed by atoms with Gasteiger partial charge in [-0.3, -0.25) is 78.6 Å². The molecule has 0 bridgehead atoms. The van der Waals surface area contributed by atoms with E-state index >= 15 is 0 Å². The number of guanidine groups is 3. The van der Waals surface area contributed by atoms with Gasteiger partial charge in [-0.25, -0.2) is 23.7 Å². The number of nitrogens with zero attached hydrogens (tertiary/aromatic N) is 8. The number of allylic oxidation sites excluding steroid dienone is 6. The van der Waals surface area contributed by atoms with Crippen molar-refractivity contribution in [1.82, 2.24) is 46.4 Å². The summed E-state index contributed by atoms with van der Waals surface area (Å²) in [6.45, 7) is 10.8. The lowest BCUT2D eigenvalue weighted by atomic mass is 9.81. The van der Waals surface area contributed by atoms with Crippen LogP contribution in [0.15, 0.2) is 110 Å². The van der Waals surface area contributed by atoms with Gasteiger partial charge in [-0.05, 0) is 127 Å². The molecular weight excluding hydrogens is 1860 g/mol. The maximum Gasteiger partial charge on any atom is 0.490 e. The van der Waals surface area contributed by atoms with E-state index in [0.29, 0.717) is 81.3 Å². The summed E-state index contributed by atoms with van der Waals surface area (Å²) < 4.78 is 96.4. The van der Waals surface area contributed by atoms with E-state index in [4.69, 9.17) is 59.8 Å². The lowest BCUT2D eigenvalue weighted by molar-refractivity contribution is -0.777. The Bertz CT molecular complexity index is 5280. The molecule has 9 atom stereocenters. The summed E-state index contributed by atoms with van der Waals surface area (Å²) in [5.74, 6) is 1.52. The number of fused-ring (bicyclic) bond motifs is 3. The number of rotatable bonds is 52. The Morgan fingerprint density at radius 1 is 0.748 bits per heavy atom. The van der Waals surface area contributed by atoms with Crippen molar-refractivity contribution < 1.29 is 127 Å². The van der Waals surface area contributed by atoms with Crippen LogP contribution in [-0.2, 0) is 95.5 Å². The number of aliphatic carboxylic acids is 1. The van der Waals surface area contributed by atoms with Crippen LogP contribution in [-0.4, -0.2) is 227 Å². The van der Waals surface area contributed by atoms with Gasteiger partial charge in [-0.1, -0.05) is 71.9 Å². The molecule has 0 spiro atoms. The number of carbonyl (C=O) groups is 7. The summed E-state index contributed by atoms with van der Waals surface area (Å²) in [4.78, 5) is 150. The minimum absolute atomic E-state index is 0.000239. The molecule has 0 saturated carbocycles. The van der Waals surface area contributed by atoms with Gasteiger partial charge in [0, 0.05) is 122 Å². The first-order valence-corrected chi connectivity index (χ1v) is 50.4. The zero-order chi connectivity index (χ0) is 96.6. The standard InChI is InChI=1S/C77H114N21O26P3S4/c1-6-96-56-30-28-48(130-122-121-108)40-50(56)76(2,3)60(96)24-10-7-11-25-61-77(4,5)51-41-49(131(116,117)118)29-31-57(51)97(61)38-15-9-13-26-63(101)92-55(45-129-128-39-32-62(100)85-34-16-20-47-43-98(68-66(47)67(81)90-46-91-68)65-42-58(99)59(120-65)44-119-126(112,113)124-127(114,115)123-125(109,110)111)71(105)86-33-14-8-12-27-64(102)93-73(82)87-35-17-21-52(78)69(103)94-74(83)88-36-18-22-53(79)70(104)95-75(84)89-37-19-23-54(80)72(106)107/h7,10-11,24-25,28-31,40-41,43,46,52-55,58-59,65,99H,6,8-9,12-15,17-19,21-23,26-27,32-39,42,44-45,78-80H2,1-5H3,(H20-,81,82,83,84,85,86,87,88,89,90,91,92,93,94,95,100,101,102,103,104,105,106,107,108,109,110,111,112,113,114,115,116,117,118). The van der Waals surface area contributed by atoms with E-state index in [-0.39, 0.29) is 140 Å². The highest BCUT2D eigenvalue weighted by Gasteiger charge is 2.47. The molecule has 131 heavy (non-hydrogen) atoms. The number of aliphatic hydroxyl groups excluding tert-OH is 1. The molecule has 47 nitrogen and oxygen atoms in total. The number of hydrogen-bond donors (Lipinski definition) is 20. The van der Waals surface area contributed by atoms with Gasteiger partial charge in [0.1, 0.15) is 48.8 Å². The Morgan fingerprint density at radius 2 is 1.38 bits per heavy atom. The highest BCUT2D eigenvalue weighted by molar-refractivity contribution is 8.76. The number of benzene rings is 2. The highest BCUT2D eigenvalue weighted by Crippen LogP contribution is 2.66. The molecule has 5 heterocycles. The molecule has 722 valence electrons. The number of phosphoric acid groups is 3. The number of nitrogens with two attached hydrogens (primary N) is 7. The summed E-state index contributed by atoms with van der Waals surface area (Å²) in [7, 11) is -19.1. The number of ether oxygens (including phenoxy) is 1. The minimum atomic E-state index is -5.83. The van der Waals surface area contributed by atoms with Crippen molar-refractivity contribution in [1.29, 1.82) is 0 Å². The van der Waals surface area contributed by atoms with Crippen LogP contribution in [0.5, 0.6) is 0 Å². The maximum atomic E-state index is 14.0. The van der Waals surface area contributed by atoms with Gasteiger partial charge in [0.2, 0.25) is 41.1 Å². The van der Waals surface area contributed by atoms with E-state index in [0.717, 1.165) is 46.7 Å². The van der Waals surface area contributed by atoms with Crippen molar-refractivity contribution in [2.45, 2.75) is 201 Å². The van der Waals surface area contributed by atoms with Gasteiger partial charge in [0.25, 0.3) is 10.1 Å². The largest absolute Gasteiger partial charge is 0.691 e. The van der Waals surface area contributed by atoms with Crippen LogP contribution >= 0.6 is 57.1 Å². The number of phosphoric ester groups is 1. The number of amides is 6. The molecule has 27 N–H and O–H groups in total. The van der Waals surface area contributed by atoms with Gasteiger partial charge in [0.15, 0.2) is 23.6 Å². The number of carbonyl (C=O) groups excluding carboxylic acids is 6. The van der Waals surface area contributed by atoms with Crippen LogP contribution in [0.1, 0.15) is 160 Å². The maximum absolute atomic E-state index is 14.0. The van der Waals surface area contributed by atoms with Crippen molar-refractivity contribution in [3.8, 4) is 11.8 Å². The third kappa shape index (κ3) is 34.7. The second-order valence-electron chi connectivity index (χ2n) is 31.0. The van der Waals surface area contributed by atoms with E-state index in [1.165, 1.54) is 44.5 Å². The molecule has 4 aromatic rings. The molecule has 1 saturated heterocycles. The second-order valence-corrected chi connectivity index (χ2v) is 40.2. The van der Waals surface area contributed by atoms with E-state index < -0.39 is 129 Å². The highest BCUT2D eigenvalue weighted by atomic mass is 33.1. The quantitative estimate of drug-likeness (QED) is 0.00244. The van der Waals surface area contributed by atoms with Crippen LogP contribution in [0.25, 0.3) is 11.0 Å². The number of nitrogens with one attached hydrogen (secondary N) is 6. The zero-order valence-electron chi connectivity index (χ0n) is 72.4. The molecule has 7 rings (SSSR count). The van der Waals surface area contributed by atoms with Crippen LogP contribution in [0, 0.1) is 11.8 Å². The smallest absolute Gasteiger partial charge is 0.490 e. The third-order valence-electron chi connectivity index (χ3n) is 20.5. The number of aliphatic imine (C=N–C) groups is 3. The summed E-state index contributed by atoms with van der Waals surface area (Å²) in [5.41, 5.74) is 45.9. The number of carboxylic acids is 1. The number of likely N-dealkylation sites (N-methyl/N-ethyl adjacent to an activating group) is 1. The molecule has 0 aliphatic carbocycles. The van der Waals surface area contributed by atoms with E-state index in [9.17, 15) is 80.4 Å². The zero-order valence-corrected chi connectivity index (χ0v) is 78.4. The number of unbranched alkanes of at least 4 members (excludes halogenated alkanes) is 4. The molecule has 54 heteroatoms. The Morgan fingerprint density at radius 3 is 2.01 bits per heavy atom. The fourth-order valence-electron chi connectivity index (χ4n) is 13.9. The molecule has 3 aliphatic rings. The second kappa shape index (κ2) is 51.4. The first-order valence-electron chi connectivity index (χ1n) is 41.2. The van der Waals surface area contributed by atoms with Crippen molar-refractivity contribution in [3.63, 3.8) is 0 Å². The Hall–Kier alpha value is -9.14. The molecule has 2 aromatic heterocycles. The van der Waals surface area contributed by atoms with Gasteiger partial charge >= 0.3 is 29.4 Å². The molecule has 0 radical (unpaired) electrons. The summed E-state index contributed by atoms with van der Waals surface area (Å²) >= 11 is 0.819. The van der Waals surface area contributed by atoms with Gasteiger partial charge in [-0.15, -0.1) is 0 Å². The first-order chi connectivity index (χ1) is 61.8. The van der Waals surface area contributed by atoms with Crippen LogP contribution < -0.4 is 82.2 Å². The Kier molecular flexibility index (Phi) is 42.7. The molecule has 1 fully saturated rings. The third-order valence-corrected chi connectivity index (χ3v) is 28.1. The fourth-order valence-corrected chi connectivity index (χ4v) is 20.0. The van der Waals surface area contributed by atoms with E-state index in [1.54, 1.807) is 6.07 Å². The SMILES string of the molecule is CCN1/C(=C/C=C/C=C/C2=[N+](CCCCCC(=O)NC(CSSCCC(=O)NCC#Cc3cn(C4CC(O)C(COP(=O)(O)OP(=O)(O)OP(=O)(O)O)O4)c4ncnc(N)c34)C(=O)NCCCCCC(=O)NC(N)=NCCCC(N)C(=O)NC(N)=NCCCC(N)C(=O)NC(N)=NCCCC(N)C(=O)O)c3ccc(S(=O)(=O)O)cc3C2(C)C)C(C)(C)c2cc(SOO[O-])ccc21. The number of nitrogen functional groups attached to an aromatic ring is 1. The first kappa shape index (κ1) is 109. The number of anilines is 2. The molecule has 2 aromatic carbocycles. The molecule has 9 unspecified atom stereocenters. The molecule has 6 amide bonds. The van der Waals surface area contributed by atoms with Crippen molar-refractivity contribution >= 4 is 160 Å². The van der Waals surface area contributed by atoms with Crippen LogP contribution in [0.4, 0.5) is 17.2 Å². The number of aromatic nitrogens is 3. The molecule has 3 aliphatic heterocycles. The predicted octanol–water partition coefficient (Wildman–Crippen LogP) is 2.03. The fraction of sp³-hybridized carbons (Fsp3) is 0.519. The lowest BCUT2D eigenvalue weighted by Crippen LogP contribution is -2.48. The number of carboxylic acid groups (broad SMARTS) is 1. The number of hydrogen-bond acceptors (Lipinski definition) is 33. The van der Waals surface area contributed by atoms with E-state index in [2.05, 4.69) is 121 Å². The molecular formula is C77H114N21O26P3S4. The van der Waals surface area contributed by atoms with Gasteiger partial charge < -0.3 is 105 Å². The Labute approximate surface area is 767 Å². The predicted molar refractivity (Wildman–Crippen MR) is 487 cm³/mol. The summed E-state index contributed by atoms with van der Waals surface area (Å²) in [6, 6.07) is 6.23. The lowest BCUT2D eigenvalue weighted by Gasteiger charge is -2.25. The van der Waals surface area contributed by atoms with E-state index in [1.807, 2.05) is 62.4 Å². The summed E-state index contributed by atoms with van der Waals surface area (Å²) in [5, 5.41) is 49.9. The van der Waals surface area contributed by atoms with Crippen LogP contribution in [0.3, 0.4) is 0 Å². The van der Waals surface area contributed by atoms with Crippen molar-refractivity contribution in [2.24, 2.45) is 49.4 Å². The van der Waals surface area contributed by atoms with Crippen molar-refractivity contribution in [3.05, 3.63) is 102 Å². The topological polar surface area (TPSA) is 753 Å². The minimum Gasteiger partial charge on any atom is -0.691 e. The monoisotopic (exact) mass is 1970 g/mol.